The summed E-state index contributed by atoms with van der Waals surface area (Å²) in [6.45, 7) is 0. The molecule has 0 fully saturated rings. The number of oxazole rings is 1. The van der Waals surface area contributed by atoms with Crippen molar-refractivity contribution < 1.29 is 4.42 Å². The van der Waals surface area contributed by atoms with E-state index in [0.717, 1.165) is 0 Å². The Morgan fingerprint density at radius 3 is 2.88 bits per heavy atom. The average Bonchev–Trinajstić information content (AvgIpc) is 2.14. The molecule has 0 aliphatic rings. The molecular weight excluding hydrogens is 172 g/mol. The van der Waals surface area contributed by atoms with Crippen LogP contribution in [0.15, 0.2) is 15.4 Å². The number of halogens is 1. The second-order valence-corrected chi connectivity index (χ2v) is 1.77. The fourth-order valence-corrected chi connectivity index (χ4v) is 0.581. The standard InChI is InChI=1S/C4HBrN2O/c5-4-7-2-3(1-6)8-4/h2H. The van der Waals surface area contributed by atoms with Gasteiger partial charge in [-0.25, -0.2) is 4.98 Å². The summed E-state index contributed by atoms with van der Waals surface area (Å²) in [6.07, 6.45) is 1.35. The number of aromatic nitrogens is 1. The fourth-order valence-electron chi connectivity index (χ4n) is 0.305. The zero-order valence-corrected chi connectivity index (χ0v) is 5.34. The third-order valence-corrected chi connectivity index (χ3v) is 0.954. The Hall–Kier alpha value is -0.820. The number of nitriles is 1. The van der Waals surface area contributed by atoms with Crippen LogP contribution in [0.2, 0.25) is 0 Å². The van der Waals surface area contributed by atoms with E-state index in [1.54, 1.807) is 6.07 Å². The van der Waals surface area contributed by atoms with Crippen molar-refractivity contribution in [2.75, 3.05) is 0 Å². The average molecular weight is 173 g/mol. The third kappa shape index (κ3) is 0.873. The molecule has 0 bridgehead atoms. The van der Waals surface area contributed by atoms with Crippen molar-refractivity contribution >= 4 is 15.9 Å². The molecule has 0 aliphatic heterocycles. The van der Waals surface area contributed by atoms with Crippen LogP contribution < -0.4 is 0 Å². The summed E-state index contributed by atoms with van der Waals surface area (Å²) < 4.78 is 4.68. The summed E-state index contributed by atoms with van der Waals surface area (Å²) >= 11 is 2.94. The Balaban J connectivity index is 3.05. The van der Waals surface area contributed by atoms with Gasteiger partial charge in [0.1, 0.15) is 6.07 Å². The Morgan fingerprint density at radius 1 is 1.88 bits per heavy atom. The van der Waals surface area contributed by atoms with Crippen molar-refractivity contribution in [3.05, 3.63) is 16.8 Å². The molecule has 8 heavy (non-hydrogen) atoms. The molecule has 0 radical (unpaired) electrons. The van der Waals surface area contributed by atoms with Gasteiger partial charge < -0.3 is 4.42 Å². The molecule has 1 aromatic rings. The Bertz CT molecular complexity index is 224. The van der Waals surface area contributed by atoms with Crippen molar-refractivity contribution in [2.45, 2.75) is 0 Å². The highest BCUT2D eigenvalue weighted by Crippen LogP contribution is 2.07. The highest BCUT2D eigenvalue weighted by atomic mass is 79.9. The minimum atomic E-state index is 0.219. The third-order valence-electron chi connectivity index (χ3n) is 0.588. The summed E-state index contributed by atoms with van der Waals surface area (Å²) in [7, 11) is 0. The van der Waals surface area contributed by atoms with Crippen LogP contribution in [0.3, 0.4) is 0 Å². The van der Waals surface area contributed by atoms with Crippen LogP contribution in [-0.4, -0.2) is 4.98 Å². The SMILES string of the molecule is N#Cc1cnc(Br)o1. The second-order valence-electron chi connectivity index (χ2n) is 1.09. The van der Waals surface area contributed by atoms with E-state index in [9.17, 15) is 0 Å². The molecule has 1 rings (SSSR count). The fraction of sp³-hybridized carbons (Fsp3) is 0. The lowest BCUT2D eigenvalue weighted by Gasteiger charge is -1.69. The van der Waals surface area contributed by atoms with Crippen molar-refractivity contribution in [3.63, 3.8) is 0 Å². The van der Waals surface area contributed by atoms with Gasteiger partial charge in [0.05, 0.1) is 6.20 Å². The van der Waals surface area contributed by atoms with E-state index in [0.29, 0.717) is 4.80 Å². The molecule has 0 aromatic carbocycles. The van der Waals surface area contributed by atoms with E-state index in [1.807, 2.05) is 0 Å². The molecule has 0 aliphatic carbocycles. The highest BCUT2D eigenvalue weighted by molar-refractivity contribution is 9.10. The van der Waals surface area contributed by atoms with Gasteiger partial charge in [-0.1, -0.05) is 0 Å². The largest absolute Gasteiger partial charge is 0.420 e. The summed E-state index contributed by atoms with van der Waals surface area (Å²) in [6, 6.07) is 1.79. The first-order chi connectivity index (χ1) is 3.83. The van der Waals surface area contributed by atoms with Crippen LogP contribution in [-0.2, 0) is 0 Å². The molecule has 1 heterocycles. The van der Waals surface area contributed by atoms with Crippen LogP contribution in [0, 0.1) is 11.3 Å². The van der Waals surface area contributed by atoms with Gasteiger partial charge >= 0.3 is 0 Å². The van der Waals surface area contributed by atoms with Gasteiger partial charge in [-0.05, 0) is 0 Å². The Labute approximate surface area is 54.1 Å². The van der Waals surface area contributed by atoms with Crippen molar-refractivity contribution in [2.24, 2.45) is 0 Å². The molecule has 3 nitrogen and oxygen atoms in total. The number of hydrogen-bond donors (Lipinski definition) is 0. The first kappa shape index (κ1) is 5.32. The lowest BCUT2D eigenvalue weighted by atomic mass is 10.6. The van der Waals surface area contributed by atoms with E-state index in [2.05, 4.69) is 25.3 Å². The lowest BCUT2D eigenvalue weighted by molar-refractivity contribution is 0.516. The van der Waals surface area contributed by atoms with Crippen LogP contribution in [0.4, 0.5) is 0 Å². The monoisotopic (exact) mass is 172 g/mol. The van der Waals surface area contributed by atoms with Crippen LogP contribution >= 0.6 is 15.9 Å². The maximum Gasteiger partial charge on any atom is 0.265 e. The maximum atomic E-state index is 8.15. The van der Waals surface area contributed by atoms with Gasteiger partial charge in [0.2, 0.25) is 5.76 Å². The summed E-state index contributed by atoms with van der Waals surface area (Å²) in [4.78, 5) is 3.96. The molecule has 0 saturated heterocycles. The molecular formula is C4HBrN2O. The van der Waals surface area contributed by atoms with Gasteiger partial charge in [0.15, 0.2) is 0 Å². The Kier molecular flexibility index (Phi) is 1.31. The molecule has 0 unspecified atom stereocenters. The van der Waals surface area contributed by atoms with Crippen molar-refractivity contribution in [3.8, 4) is 6.07 Å². The smallest absolute Gasteiger partial charge is 0.265 e. The Morgan fingerprint density at radius 2 is 2.62 bits per heavy atom. The molecule has 0 atom stereocenters. The minimum Gasteiger partial charge on any atom is -0.420 e. The number of hydrogen-bond acceptors (Lipinski definition) is 3. The topological polar surface area (TPSA) is 49.8 Å². The summed E-state index contributed by atoms with van der Waals surface area (Å²) in [5.41, 5.74) is 0. The molecule has 1 aromatic heterocycles. The first-order valence-corrected chi connectivity index (χ1v) is 2.63. The highest BCUT2D eigenvalue weighted by Gasteiger charge is 1.95. The summed E-state index contributed by atoms with van der Waals surface area (Å²) in [5.74, 6) is 0.219. The maximum absolute atomic E-state index is 8.15. The first-order valence-electron chi connectivity index (χ1n) is 1.84. The zero-order valence-electron chi connectivity index (χ0n) is 3.76. The van der Waals surface area contributed by atoms with Crippen LogP contribution in [0.1, 0.15) is 5.76 Å². The van der Waals surface area contributed by atoms with E-state index >= 15 is 0 Å². The number of rotatable bonds is 0. The number of nitrogens with zero attached hydrogens (tertiary/aromatic N) is 2. The predicted octanol–water partition coefficient (Wildman–Crippen LogP) is 1.31. The molecule has 4 heteroatoms. The van der Waals surface area contributed by atoms with Gasteiger partial charge in [-0.3, -0.25) is 0 Å². The minimum absolute atomic E-state index is 0.219. The normalized spacial score (nSPS) is 8.50. The van der Waals surface area contributed by atoms with Gasteiger partial charge in [0.25, 0.3) is 4.80 Å². The summed E-state index contributed by atoms with van der Waals surface area (Å²) in [5, 5.41) is 8.15. The molecule has 0 spiro atoms. The molecule has 0 N–H and O–H groups in total. The van der Waals surface area contributed by atoms with Crippen molar-refractivity contribution in [1.29, 1.82) is 5.26 Å². The van der Waals surface area contributed by atoms with Crippen molar-refractivity contribution in [1.82, 2.24) is 4.98 Å². The lowest BCUT2D eigenvalue weighted by Crippen LogP contribution is -1.56. The molecule has 0 amide bonds. The van der Waals surface area contributed by atoms with E-state index in [1.165, 1.54) is 6.20 Å². The van der Waals surface area contributed by atoms with Gasteiger partial charge in [-0.2, -0.15) is 5.26 Å². The van der Waals surface area contributed by atoms with E-state index < -0.39 is 0 Å². The van der Waals surface area contributed by atoms with Crippen LogP contribution in [0.25, 0.3) is 0 Å². The molecule has 40 valence electrons. The van der Waals surface area contributed by atoms with Gasteiger partial charge in [0, 0.05) is 15.9 Å². The van der Waals surface area contributed by atoms with Crippen LogP contribution in [0.5, 0.6) is 0 Å². The quantitative estimate of drug-likeness (QED) is 0.594. The van der Waals surface area contributed by atoms with E-state index in [4.69, 9.17) is 5.26 Å². The van der Waals surface area contributed by atoms with E-state index in [-0.39, 0.29) is 5.76 Å². The second kappa shape index (κ2) is 1.97. The zero-order chi connectivity index (χ0) is 5.98. The molecule has 0 saturated carbocycles. The van der Waals surface area contributed by atoms with Gasteiger partial charge in [-0.15, -0.1) is 0 Å². The predicted molar refractivity (Wildman–Crippen MR) is 28.9 cm³/mol.